The molecule has 0 aliphatic heterocycles. The first kappa shape index (κ1) is 17.4. The average molecular weight is 394 g/mol. The van der Waals surface area contributed by atoms with Gasteiger partial charge in [-0.25, -0.2) is 4.79 Å². The van der Waals surface area contributed by atoms with Crippen LogP contribution in [0.4, 0.5) is 0 Å². The van der Waals surface area contributed by atoms with Crippen LogP contribution < -0.4 is 5.32 Å². The second-order valence-electron chi connectivity index (χ2n) is 4.78. The van der Waals surface area contributed by atoms with E-state index in [-0.39, 0.29) is 18.6 Å². The monoisotopic (exact) mass is 393 g/mol. The molecule has 1 aromatic carbocycles. The van der Waals surface area contributed by atoms with Crippen LogP contribution in [-0.2, 0) is 14.3 Å². The quantitative estimate of drug-likeness (QED) is 0.597. The molecule has 0 saturated carbocycles. The molecule has 0 spiro atoms. The lowest BCUT2D eigenvalue weighted by Crippen LogP contribution is -2.30. The summed E-state index contributed by atoms with van der Waals surface area (Å²) in [5.74, 6) is -0.876. The predicted molar refractivity (Wildman–Crippen MR) is 95.0 cm³/mol. The highest BCUT2D eigenvalue weighted by Gasteiger charge is 2.10. The number of thiophene rings is 1. The van der Waals surface area contributed by atoms with Gasteiger partial charge in [-0.3, -0.25) is 4.79 Å². The molecule has 1 amide bonds. The Kier molecular flexibility index (Phi) is 6.55. The van der Waals surface area contributed by atoms with Gasteiger partial charge in [-0.2, -0.15) is 0 Å². The number of hydrogen-bond donors (Lipinski definition) is 1. The van der Waals surface area contributed by atoms with Gasteiger partial charge < -0.3 is 10.1 Å². The van der Waals surface area contributed by atoms with Crippen molar-refractivity contribution in [1.82, 2.24) is 5.32 Å². The molecule has 1 heterocycles. The van der Waals surface area contributed by atoms with Crippen molar-refractivity contribution in [3.63, 3.8) is 0 Å². The lowest BCUT2D eigenvalue weighted by Gasteiger charge is -2.13. The van der Waals surface area contributed by atoms with Crippen molar-refractivity contribution in [2.75, 3.05) is 6.61 Å². The number of amides is 1. The van der Waals surface area contributed by atoms with Crippen LogP contribution in [0, 0.1) is 0 Å². The molecule has 0 unspecified atom stereocenters. The van der Waals surface area contributed by atoms with Crippen LogP contribution in [0.25, 0.3) is 6.08 Å². The number of nitrogens with one attached hydrogen (secondary N) is 1. The van der Waals surface area contributed by atoms with Crippen molar-refractivity contribution in [1.29, 1.82) is 0 Å². The summed E-state index contributed by atoms with van der Waals surface area (Å²) in [6, 6.07) is 13.2. The lowest BCUT2D eigenvalue weighted by molar-refractivity contribution is -0.144. The van der Waals surface area contributed by atoms with E-state index < -0.39 is 5.97 Å². The van der Waals surface area contributed by atoms with Crippen molar-refractivity contribution < 1.29 is 14.3 Å². The number of rotatable bonds is 6. The Labute approximate surface area is 147 Å². The van der Waals surface area contributed by atoms with E-state index >= 15 is 0 Å². The zero-order valence-electron chi connectivity index (χ0n) is 12.5. The maximum absolute atomic E-state index is 11.8. The highest BCUT2D eigenvalue weighted by atomic mass is 79.9. The average Bonchev–Trinajstić information content (AvgIpc) is 2.97. The minimum atomic E-state index is -0.544. The third-order valence-corrected chi connectivity index (χ3v) is 4.59. The first-order valence-corrected chi connectivity index (χ1v) is 8.60. The van der Waals surface area contributed by atoms with Gasteiger partial charge in [0, 0.05) is 11.0 Å². The summed E-state index contributed by atoms with van der Waals surface area (Å²) in [6.45, 7) is 1.58. The summed E-state index contributed by atoms with van der Waals surface area (Å²) >= 11 is 4.85. The molecule has 1 aromatic heterocycles. The van der Waals surface area contributed by atoms with E-state index in [0.717, 1.165) is 14.2 Å². The molecule has 1 atom stereocenters. The van der Waals surface area contributed by atoms with Crippen molar-refractivity contribution in [2.45, 2.75) is 13.0 Å². The molecular weight excluding hydrogens is 378 g/mol. The van der Waals surface area contributed by atoms with Gasteiger partial charge in [-0.1, -0.05) is 30.3 Å². The first-order chi connectivity index (χ1) is 11.0. The molecule has 0 fully saturated rings. The lowest BCUT2D eigenvalue weighted by atomic mass is 10.1. The Balaban J connectivity index is 1.75. The van der Waals surface area contributed by atoms with Gasteiger partial charge in [0.1, 0.15) is 0 Å². The number of esters is 1. The molecule has 6 heteroatoms. The van der Waals surface area contributed by atoms with Crippen LogP contribution in [0.15, 0.2) is 52.3 Å². The third kappa shape index (κ3) is 6.00. The summed E-state index contributed by atoms with van der Waals surface area (Å²) in [7, 11) is 0. The fourth-order valence-corrected chi connectivity index (χ4v) is 3.19. The topological polar surface area (TPSA) is 55.4 Å². The molecular formula is C17H16BrNO3S. The first-order valence-electron chi connectivity index (χ1n) is 6.99. The number of ether oxygens (including phenoxy) is 1. The van der Waals surface area contributed by atoms with E-state index in [0.29, 0.717) is 0 Å². The van der Waals surface area contributed by atoms with Gasteiger partial charge >= 0.3 is 5.97 Å². The highest BCUT2D eigenvalue weighted by molar-refractivity contribution is 9.11. The standard InChI is InChI=1S/C17H16BrNO3S/c1-12(13-5-3-2-4-6-13)19-16(20)11-22-17(21)10-8-14-7-9-15(18)23-14/h2-10,12H,11H2,1H3,(H,19,20)/b10-8+/t12-/m0/s1. The molecule has 4 nitrogen and oxygen atoms in total. The maximum Gasteiger partial charge on any atom is 0.331 e. The third-order valence-electron chi connectivity index (χ3n) is 3.00. The fourth-order valence-electron chi connectivity index (χ4n) is 1.86. The molecule has 0 bridgehead atoms. The summed E-state index contributed by atoms with van der Waals surface area (Å²) < 4.78 is 5.91. The largest absolute Gasteiger partial charge is 0.452 e. The zero-order chi connectivity index (χ0) is 16.7. The molecule has 0 radical (unpaired) electrons. The smallest absolute Gasteiger partial charge is 0.331 e. The molecule has 0 saturated heterocycles. The summed E-state index contributed by atoms with van der Waals surface area (Å²) in [5.41, 5.74) is 0.996. The molecule has 2 rings (SSSR count). The van der Waals surface area contributed by atoms with Gasteiger partial charge in [0.05, 0.1) is 9.83 Å². The summed E-state index contributed by atoms with van der Waals surface area (Å²) in [5, 5.41) is 2.78. The van der Waals surface area contributed by atoms with Gasteiger partial charge in [-0.15, -0.1) is 11.3 Å². The van der Waals surface area contributed by atoms with Gasteiger partial charge in [0.2, 0.25) is 0 Å². The molecule has 0 aliphatic carbocycles. The normalized spacial score (nSPS) is 12.1. The molecule has 0 aliphatic rings. The Bertz CT molecular complexity index is 697. The second kappa shape index (κ2) is 8.64. The van der Waals surface area contributed by atoms with E-state index in [4.69, 9.17) is 4.74 Å². The van der Waals surface area contributed by atoms with Crippen molar-refractivity contribution in [3.8, 4) is 0 Å². The SMILES string of the molecule is C[C@H](NC(=O)COC(=O)/C=C/c1ccc(Br)s1)c1ccccc1. The molecule has 120 valence electrons. The van der Waals surface area contributed by atoms with Crippen LogP contribution >= 0.6 is 27.3 Å². The van der Waals surface area contributed by atoms with Gasteiger partial charge in [0.15, 0.2) is 6.61 Å². The van der Waals surface area contributed by atoms with Crippen LogP contribution in [0.1, 0.15) is 23.4 Å². The van der Waals surface area contributed by atoms with E-state index in [9.17, 15) is 9.59 Å². The number of benzene rings is 1. The highest BCUT2D eigenvalue weighted by Crippen LogP contribution is 2.22. The van der Waals surface area contributed by atoms with Crippen molar-refractivity contribution >= 4 is 45.2 Å². The van der Waals surface area contributed by atoms with Crippen LogP contribution in [-0.4, -0.2) is 18.5 Å². The van der Waals surface area contributed by atoms with Gasteiger partial charge in [0.25, 0.3) is 5.91 Å². The number of hydrogen-bond acceptors (Lipinski definition) is 4. The van der Waals surface area contributed by atoms with Crippen LogP contribution in [0.3, 0.4) is 0 Å². The van der Waals surface area contributed by atoms with E-state index in [1.54, 1.807) is 6.08 Å². The minimum Gasteiger partial charge on any atom is -0.452 e. The number of halogens is 1. The minimum absolute atomic E-state index is 0.138. The van der Waals surface area contributed by atoms with E-state index in [1.807, 2.05) is 49.4 Å². The van der Waals surface area contributed by atoms with Crippen LogP contribution in [0.2, 0.25) is 0 Å². The molecule has 2 aromatic rings. The van der Waals surface area contributed by atoms with Gasteiger partial charge in [-0.05, 0) is 46.6 Å². The predicted octanol–water partition coefficient (Wildman–Crippen LogP) is 3.94. The Morgan fingerprint density at radius 1 is 1.26 bits per heavy atom. The zero-order valence-corrected chi connectivity index (χ0v) is 14.9. The summed E-state index contributed by atoms with van der Waals surface area (Å²) in [4.78, 5) is 24.3. The van der Waals surface area contributed by atoms with Crippen LogP contribution in [0.5, 0.6) is 0 Å². The fraction of sp³-hybridized carbons (Fsp3) is 0.176. The molecule has 1 N–H and O–H groups in total. The number of carbonyl (C=O) groups is 2. The van der Waals surface area contributed by atoms with Crippen molar-refractivity contribution in [2.24, 2.45) is 0 Å². The van der Waals surface area contributed by atoms with E-state index in [2.05, 4.69) is 21.2 Å². The second-order valence-corrected chi connectivity index (χ2v) is 7.28. The van der Waals surface area contributed by atoms with Crippen molar-refractivity contribution in [3.05, 3.63) is 62.8 Å². The summed E-state index contributed by atoms with van der Waals surface area (Å²) in [6.07, 6.45) is 2.97. The Morgan fingerprint density at radius 3 is 2.65 bits per heavy atom. The Morgan fingerprint density at radius 2 is 2.00 bits per heavy atom. The maximum atomic E-state index is 11.8. The van der Waals surface area contributed by atoms with E-state index in [1.165, 1.54) is 17.4 Å². The Hall–Kier alpha value is -1.92. The number of carbonyl (C=O) groups excluding carboxylic acids is 2. The molecule has 23 heavy (non-hydrogen) atoms.